The van der Waals surface area contributed by atoms with E-state index in [1.807, 2.05) is 18.2 Å². The third-order valence-electron chi connectivity index (χ3n) is 4.20. The number of hydrogen-bond acceptors (Lipinski definition) is 3. The van der Waals surface area contributed by atoms with E-state index in [0.717, 1.165) is 12.3 Å². The average molecular weight is 290 g/mol. The number of nitrogens with one attached hydrogen (secondary N) is 2. The number of benzene rings is 1. The van der Waals surface area contributed by atoms with Gasteiger partial charge in [-0.25, -0.2) is 0 Å². The number of hydrogen-bond donors (Lipinski definition) is 2. The molecule has 0 spiro atoms. The van der Waals surface area contributed by atoms with Gasteiger partial charge in [0.1, 0.15) is 0 Å². The molecule has 3 heteroatoms. The van der Waals surface area contributed by atoms with Crippen LogP contribution in [0.4, 0.5) is 5.69 Å². The Bertz CT molecular complexity index is 395. The molecule has 2 rings (SSSR count). The van der Waals surface area contributed by atoms with Crippen molar-refractivity contribution in [2.45, 2.75) is 70.7 Å². The Morgan fingerprint density at radius 2 is 1.86 bits per heavy atom. The van der Waals surface area contributed by atoms with E-state index in [2.05, 4.69) is 36.6 Å². The van der Waals surface area contributed by atoms with Crippen LogP contribution >= 0.6 is 0 Å². The number of unbranched alkanes of at least 4 members (excludes halogenated alkanes) is 5. The second-order valence-electron chi connectivity index (χ2n) is 6.42. The molecule has 118 valence electrons. The van der Waals surface area contributed by atoms with Gasteiger partial charge >= 0.3 is 0 Å². The summed E-state index contributed by atoms with van der Waals surface area (Å²) in [6.07, 6.45) is 9.19. The van der Waals surface area contributed by atoms with Crippen molar-refractivity contribution < 1.29 is 4.74 Å². The summed E-state index contributed by atoms with van der Waals surface area (Å²) < 4.78 is 5.85. The van der Waals surface area contributed by atoms with Crippen LogP contribution in [0.25, 0.3) is 0 Å². The molecular formula is C18H30N2O. The maximum atomic E-state index is 5.85. The van der Waals surface area contributed by atoms with E-state index in [1.165, 1.54) is 44.9 Å². The Morgan fingerprint density at radius 1 is 1.14 bits per heavy atom. The zero-order valence-corrected chi connectivity index (χ0v) is 13.5. The predicted octanol–water partition coefficient (Wildman–Crippen LogP) is 4.51. The molecule has 0 bridgehead atoms. The van der Waals surface area contributed by atoms with Crippen LogP contribution in [-0.4, -0.2) is 18.5 Å². The summed E-state index contributed by atoms with van der Waals surface area (Å²) in [5.74, 6) is 0. The number of rotatable bonds is 9. The van der Waals surface area contributed by atoms with Crippen LogP contribution < -0.4 is 10.6 Å². The molecule has 0 radical (unpaired) electrons. The van der Waals surface area contributed by atoms with Crippen molar-refractivity contribution in [3.8, 4) is 0 Å². The topological polar surface area (TPSA) is 33.3 Å². The lowest BCUT2D eigenvalue weighted by molar-refractivity contribution is 0.117. The normalized spacial score (nSPS) is 25.1. The minimum absolute atomic E-state index is 0.0718. The highest BCUT2D eigenvalue weighted by Gasteiger charge is 2.34. The fraction of sp³-hybridized carbons (Fsp3) is 0.667. The summed E-state index contributed by atoms with van der Waals surface area (Å²) in [7, 11) is 0. The summed E-state index contributed by atoms with van der Waals surface area (Å²) in [6, 6.07) is 10.2. The quantitative estimate of drug-likeness (QED) is 0.656. The first-order valence-corrected chi connectivity index (χ1v) is 8.43. The fourth-order valence-corrected chi connectivity index (χ4v) is 2.87. The molecule has 1 heterocycles. The maximum absolute atomic E-state index is 5.85. The summed E-state index contributed by atoms with van der Waals surface area (Å²) in [5, 5.41) is 6.97. The first-order valence-electron chi connectivity index (χ1n) is 8.43. The van der Waals surface area contributed by atoms with Gasteiger partial charge in [-0.05, 0) is 25.5 Å². The van der Waals surface area contributed by atoms with Crippen LogP contribution in [0.3, 0.4) is 0 Å². The predicted molar refractivity (Wildman–Crippen MR) is 89.3 cm³/mol. The molecule has 0 saturated carbocycles. The van der Waals surface area contributed by atoms with Crippen molar-refractivity contribution in [1.82, 2.24) is 5.32 Å². The second kappa shape index (κ2) is 8.40. The molecule has 1 aliphatic heterocycles. The maximum Gasteiger partial charge on any atom is 0.184 e. The summed E-state index contributed by atoms with van der Waals surface area (Å²) in [6.45, 7) is 5.32. The number of para-hydroxylation sites is 1. The number of ether oxygens (including phenoxy) is 1. The van der Waals surface area contributed by atoms with Crippen molar-refractivity contribution in [2.75, 3.05) is 11.9 Å². The highest BCUT2D eigenvalue weighted by molar-refractivity contribution is 5.42. The fourth-order valence-electron chi connectivity index (χ4n) is 2.87. The van der Waals surface area contributed by atoms with Gasteiger partial charge in [-0.15, -0.1) is 0 Å². The van der Waals surface area contributed by atoms with Gasteiger partial charge < -0.3 is 10.1 Å². The van der Waals surface area contributed by atoms with Gasteiger partial charge in [0.15, 0.2) is 6.35 Å². The Labute approximate surface area is 129 Å². The van der Waals surface area contributed by atoms with Crippen LogP contribution in [-0.2, 0) is 4.74 Å². The van der Waals surface area contributed by atoms with E-state index in [1.54, 1.807) is 0 Å². The van der Waals surface area contributed by atoms with Crippen molar-refractivity contribution in [3.05, 3.63) is 30.3 Å². The molecule has 2 atom stereocenters. The van der Waals surface area contributed by atoms with Gasteiger partial charge in [-0.3, -0.25) is 5.32 Å². The SMILES string of the molecule is CCCCCCCCC1(C)COC(Nc2ccccc2)N1. The zero-order valence-electron chi connectivity index (χ0n) is 13.5. The highest BCUT2D eigenvalue weighted by Crippen LogP contribution is 2.23. The Kier molecular flexibility index (Phi) is 6.52. The zero-order chi connectivity index (χ0) is 15.0. The van der Waals surface area contributed by atoms with Gasteiger partial charge in [0.25, 0.3) is 0 Å². The van der Waals surface area contributed by atoms with Crippen LogP contribution in [0.15, 0.2) is 30.3 Å². The largest absolute Gasteiger partial charge is 0.348 e. The second-order valence-corrected chi connectivity index (χ2v) is 6.42. The summed E-state index contributed by atoms with van der Waals surface area (Å²) >= 11 is 0. The van der Waals surface area contributed by atoms with Crippen LogP contribution in [0.1, 0.15) is 58.8 Å². The Hall–Kier alpha value is -1.06. The molecule has 1 aromatic carbocycles. The molecule has 1 aliphatic rings. The van der Waals surface area contributed by atoms with Crippen LogP contribution in [0, 0.1) is 0 Å². The van der Waals surface area contributed by atoms with E-state index in [4.69, 9.17) is 4.74 Å². The van der Waals surface area contributed by atoms with Gasteiger partial charge in [0.2, 0.25) is 0 Å². The smallest absolute Gasteiger partial charge is 0.184 e. The van der Waals surface area contributed by atoms with Crippen molar-refractivity contribution >= 4 is 5.69 Å². The van der Waals surface area contributed by atoms with E-state index in [0.29, 0.717) is 0 Å². The van der Waals surface area contributed by atoms with E-state index < -0.39 is 0 Å². The van der Waals surface area contributed by atoms with Gasteiger partial charge in [-0.2, -0.15) is 0 Å². The molecule has 1 aromatic rings. The van der Waals surface area contributed by atoms with Crippen LogP contribution in [0.2, 0.25) is 0 Å². The van der Waals surface area contributed by atoms with Crippen molar-refractivity contribution in [1.29, 1.82) is 0 Å². The van der Waals surface area contributed by atoms with Crippen LogP contribution in [0.5, 0.6) is 0 Å². The van der Waals surface area contributed by atoms with E-state index in [-0.39, 0.29) is 11.9 Å². The lowest BCUT2D eigenvalue weighted by Gasteiger charge is -2.23. The van der Waals surface area contributed by atoms with E-state index in [9.17, 15) is 0 Å². The average Bonchev–Trinajstić information content (AvgIpc) is 2.85. The molecule has 3 nitrogen and oxygen atoms in total. The lowest BCUT2D eigenvalue weighted by atomic mass is 9.95. The first-order chi connectivity index (χ1) is 10.2. The van der Waals surface area contributed by atoms with Gasteiger partial charge in [-0.1, -0.05) is 63.6 Å². The van der Waals surface area contributed by atoms with Gasteiger partial charge in [0, 0.05) is 11.2 Å². The molecule has 21 heavy (non-hydrogen) atoms. The molecular weight excluding hydrogens is 260 g/mol. The lowest BCUT2D eigenvalue weighted by Crippen LogP contribution is -2.44. The molecule has 0 aliphatic carbocycles. The minimum Gasteiger partial charge on any atom is -0.348 e. The minimum atomic E-state index is -0.0718. The molecule has 0 amide bonds. The molecule has 1 saturated heterocycles. The standard InChI is InChI=1S/C18H30N2O/c1-3-4-5-6-7-11-14-18(2)15-21-17(20-18)19-16-12-9-8-10-13-16/h8-10,12-13,17,19-20H,3-7,11,14-15H2,1-2H3. The molecule has 1 fully saturated rings. The van der Waals surface area contributed by atoms with E-state index >= 15 is 0 Å². The summed E-state index contributed by atoms with van der Waals surface area (Å²) in [4.78, 5) is 0. The third kappa shape index (κ3) is 5.68. The van der Waals surface area contributed by atoms with Gasteiger partial charge in [0.05, 0.1) is 6.61 Å². The molecule has 2 N–H and O–H groups in total. The van der Waals surface area contributed by atoms with Crippen molar-refractivity contribution in [2.24, 2.45) is 0 Å². The molecule has 0 aromatic heterocycles. The highest BCUT2D eigenvalue weighted by atomic mass is 16.5. The number of anilines is 1. The van der Waals surface area contributed by atoms with Crippen molar-refractivity contribution in [3.63, 3.8) is 0 Å². The molecule has 2 unspecified atom stereocenters. The third-order valence-corrected chi connectivity index (χ3v) is 4.20. The Morgan fingerprint density at radius 3 is 2.62 bits per heavy atom. The first kappa shape index (κ1) is 16.3. The Balaban J connectivity index is 1.65. The summed E-state index contributed by atoms with van der Waals surface area (Å²) in [5.41, 5.74) is 1.20. The monoisotopic (exact) mass is 290 g/mol.